The van der Waals surface area contributed by atoms with Crippen LogP contribution in [-0.4, -0.2) is 9.97 Å². The van der Waals surface area contributed by atoms with E-state index in [4.69, 9.17) is 11.6 Å². The van der Waals surface area contributed by atoms with Gasteiger partial charge in [0.05, 0.1) is 0 Å². The maximum absolute atomic E-state index is 6.18. The van der Waals surface area contributed by atoms with Crippen molar-refractivity contribution in [1.29, 1.82) is 0 Å². The van der Waals surface area contributed by atoms with Crippen molar-refractivity contribution in [2.24, 2.45) is 0 Å². The van der Waals surface area contributed by atoms with E-state index in [0.29, 0.717) is 12.5 Å². The Hall–Kier alpha value is -2.59. The molecule has 0 aliphatic heterocycles. The zero-order valence-electron chi connectivity index (χ0n) is 13.7. The Morgan fingerprint density at radius 1 is 0.958 bits per heavy atom. The van der Waals surface area contributed by atoms with Gasteiger partial charge in [-0.25, -0.2) is 4.98 Å². The Labute approximate surface area is 146 Å². The van der Waals surface area contributed by atoms with E-state index in [9.17, 15) is 0 Å². The van der Waals surface area contributed by atoms with Gasteiger partial charge in [-0.05, 0) is 37.6 Å². The van der Waals surface area contributed by atoms with Crippen LogP contribution in [0, 0.1) is 13.8 Å². The summed E-state index contributed by atoms with van der Waals surface area (Å²) < 4.78 is 0. The highest BCUT2D eigenvalue weighted by atomic mass is 35.5. The second-order valence-corrected chi connectivity index (χ2v) is 6.06. The molecule has 0 radical (unpaired) electrons. The molecule has 1 aromatic heterocycles. The van der Waals surface area contributed by atoms with Crippen molar-refractivity contribution >= 4 is 29.1 Å². The largest absolute Gasteiger partial charge is 0.350 e. The topological polar surface area (TPSA) is 49.8 Å². The van der Waals surface area contributed by atoms with Crippen molar-refractivity contribution in [2.45, 2.75) is 20.4 Å². The van der Waals surface area contributed by atoms with Crippen molar-refractivity contribution in [3.05, 3.63) is 76.4 Å². The molecule has 0 amide bonds. The summed E-state index contributed by atoms with van der Waals surface area (Å²) in [5.41, 5.74) is 4.12. The maximum atomic E-state index is 6.18. The SMILES string of the molecule is Cc1ccc(Nc2cc(C)nc(NCc3ccccc3Cl)n2)cc1. The first kappa shape index (κ1) is 16.3. The molecule has 24 heavy (non-hydrogen) atoms. The van der Waals surface area contributed by atoms with Gasteiger partial charge in [0.2, 0.25) is 5.95 Å². The number of hydrogen-bond acceptors (Lipinski definition) is 4. The highest BCUT2D eigenvalue weighted by molar-refractivity contribution is 6.31. The molecule has 122 valence electrons. The Kier molecular flexibility index (Phi) is 4.96. The average molecular weight is 339 g/mol. The zero-order chi connectivity index (χ0) is 16.9. The summed E-state index contributed by atoms with van der Waals surface area (Å²) in [6.45, 7) is 4.59. The third-order valence-corrected chi connectivity index (χ3v) is 3.94. The summed E-state index contributed by atoms with van der Waals surface area (Å²) >= 11 is 6.18. The lowest BCUT2D eigenvalue weighted by Crippen LogP contribution is -2.06. The van der Waals surface area contributed by atoms with Crippen LogP contribution >= 0.6 is 11.6 Å². The highest BCUT2D eigenvalue weighted by Gasteiger charge is 2.04. The molecule has 3 aromatic rings. The average Bonchev–Trinajstić information content (AvgIpc) is 2.56. The lowest BCUT2D eigenvalue weighted by molar-refractivity contribution is 1.03. The normalized spacial score (nSPS) is 10.5. The molecular formula is C19H19ClN4. The maximum Gasteiger partial charge on any atom is 0.225 e. The molecule has 0 saturated heterocycles. The Balaban J connectivity index is 1.74. The minimum Gasteiger partial charge on any atom is -0.350 e. The van der Waals surface area contributed by atoms with E-state index in [0.717, 1.165) is 27.8 Å². The van der Waals surface area contributed by atoms with E-state index in [1.807, 2.05) is 49.4 Å². The van der Waals surface area contributed by atoms with E-state index < -0.39 is 0 Å². The molecule has 0 spiro atoms. The molecule has 2 N–H and O–H groups in total. The van der Waals surface area contributed by atoms with Gasteiger partial charge in [0.15, 0.2) is 0 Å². The van der Waals surface area contributed by atoms with Crippen molar-refractivity contribution in [3.8, 4) is 0 Å². The molecular weight excluding hydrogens is 320 g/mol. The predicted molar refractivity (Wildman–Crippen MR) is 100 cm³/mol. The van der Waals surface area contributed by atoms with E-state index >= 15 is 0 Å². The van der Waals surface area contributed by atoms with Gasteiger partial charge < -0.3 is 10.6 Å². The number of benzene rings is 2. The first-order chi connectivity index (χ1) is 11.6. The molecule has 3 rings (SSSR count). The van der Waals surface area contributed by atoms with Gasteiger partial charge in [-0.3, -0.25) is 0 Å². The minimum absolute atomic E-state index is 0.574. The van der Waals surface area contributed by atoms with Gasteiger partial charge in [0.1, 0.15) is 5.82 Å². The first-order valence-corrected chi connectivity index (χ1v) is 8.14. The number of aryl methyl sites for hydroxylation is 2. The summed E-state index contributed by atoms with van der Waals surface area (Å²) in [5.74, 6) is 1.33. The number of anilines is 3. The predicted octanol–water partition coefficient (Wildman–Crippen LogP) is 5.10. The van der Waals surface area contributed by atoms with Crippen LogP contribution in [0.2, 0.25) is 5.02 Å². The van der Waals surface area contributed by atoms with Crippen LogP contribution in [0.1, 0.15) is 16.8 Å². The lowest BCUT2D eigenvalue weighted by Gasteiger charge is -2.11. The summed E-state index contributed by atoms with van der Waals surface area (Å²) in [6, 6.07) is 17.8. The van der Waals surface area contributed by atoms with E-state index in [1.165, 1.54) is 5.56 Å². The molecule has 0 unspecified atom stereocenters. The van der Waals surface area contributed by atoms with Gasteiger partial charge in [0, 0.05) is 29.0 Å². The number of rotatable bonds is 5. The molecule has 1 heterocycles. The third kappa shape index (κ3) is 4.24. The van der Waals surface area contributed by atoms with Crippen molar-refractivity contribution < 1.29 is 0 Å². The molecule has 0 aliphatic rings. The summed E-state index contributed by atoms with van der Waals surface area (Å²) in [5, 5.41) is 7.27. The lowest BCUT2D eigenvalue weighted by atomic mass is 10.2. The fraction of sp³-hybridized carbons (Fsp3) is 0.158. The van der Waals surface area contributed by atoms with Crippen LogP contribution < -0.4 is 10.6 Å². The standard InChI is InChI=1S/C19H19ClN4/c1-13-7-9-16(10-8-13)23-18-11-14(2)22-19(24-18)21-12-15-5-3-4-6-17(15)20/h3-11H,12H2,1-2H3,(H2,21,22,23,24). The summed E-state index contributed by atoms with van der Waals surface area (Å²) in [6.07, 6.45) is 0. The molecule has 5 heteroatoms. The van der Waals surface area contributed by atoms with Crippen molar-refractivity contribution in [1.82, 2.24) is 9.97 Å². The van der Waals surface area contributed by atoms with Crippen molar-refractivity contribution in [2.75, 3.05) is 10.6 Å². The number of halogens is 1. The van der Waals surface area contributed by atoms with Crippen LogP contribution in [0.15, 0.2) is 54.6 Å². The van der Waals surface area contributed by atoms with Gasteiger partial charge in [0.25, 0.3) is 0 Å². The van der Waals surface area contributed by atoms with E-state index in [1.54, 1.807) is 0 Å². The monoisotopic (exact) mass is 338 g/mol. The minimum atomic E-state index is 0.574. The Morgan fingerprint density at radius 3 is 2.46 bits per heavy atom. The number of hydrogen-bond donors (Lipinski definition) is 2. The quantitative estimate of drug-likeness (QED) is 0.679. The molecule has 2 aromatic carbocycles. The number of aromatic nitrogens is 2. The second kappa shape index (κ2) is 7.32. The molecule has 0 fully saturated rings. The van der Waals surface area contributed by atoms with Crippen molar-refractivity contribution in [3.63, 3.8) is 0 Å². The zero-order valence-corrected chi connectivity index (χ0v) is 14.4. The van der Waals surface area contributed by atoms with E-state index in [2.05, 4.69) is 39.7 Å². The fourth-order valence-electron chi connectivity index (χ4n) is 2.31. The Bertz CT molecular complexity index is 831. The van der Waals surface area contributed by atoms with Crippen LogP contribution in [0.5, 0.6) is 0 Å². The molecule has 4 nitrogen and oxygen atoms in total. The smallest absolute Gasteiger partial charge is 0.225 e. The van der Waals surface area contributed by atoms with E-state index in [-0.39, 0.29) is 0 Å². The van der Waals surface area contributed by atoms with Crippen LogP contribution in [0.3, 0.4) is 0 Å². The first-order valence-electron chi connectivity index (χ1n) is 7.77. The number of nitrogens with one attached hydrogen (secondary N) is 2. The second-order valence-electron chi connectivity index (χ2n) is 5.65. The molecule has 0 bridgehead atoms. The molecule has 0 atom stereocenters. The van der Waals surface area contributed by atoms with Crippen LogP contribution in [-0.2, 0) is 6.54 Å². The van der Waals surface area contributed by atoms with Gasteiger partial charge >= 0.3 is 0 Å². The number of nitrogens with zero attached hydrogens (tertiary/aromatic N) is 2. The van der Waals surface area contributed by atoms with Gasteiger partial charge in [-0.2, -0.15) is 4.98 Å². The Morgan fingerprint density at radius 2 is 1.71 bits per heavy atom. The van der Waals surface area contributed by atoms with Gasteiger partial charge in [-0.1, -0.05) is 47.5 Å². The third-order valence-electron chi connectivity index (χ3n) is 3.57. The fourth-order valence-corrected chi connectivity index (χ4v) is 2.52. The van der Waals surface area contributed by atoms with Crippen LogP contribution in [0.25, 0.3) is 0 Å². The summed E-state index contributed by atoms with van der Waals surface area (Å²) in [7, 11) is 0. The molecule has 0 aliphatic carbocycles. The van der Waals surface area contributed by atoms with Gasteiger partial charge in [-0.15, -0.1) is 0 Å². The highest BCUT2D eigenvalue weighted by Crippen LogP contribution is 2.19. The molecule has 0 saturated carbocycles. The van der Waals surface area contributed by atoms with Crippen LogP contribution in [0.4, 0.5) is 17.5 Å². The summed E-state index contributed by atoms with van der Waals surface area (Å²) in [4.78, 5) is 8.95.